The molecule has 1 saturated heterocycles. The molecule has 5 heteroatoms. The molecule has 1 aliphatic heterocycles. The molecule has 0 aromatic carbocycles. The Kier molecular flexibility index (Phi) is 8.26. The lowest BCUT2D eigenvalue weighted by molar-refractivity contribution is -0.145. The normalized spacial score (nSPS) is 16.1. The second-order valence-electron chi connectivity index (χ2n) is 5.31. The van der Waals surface area contributed by atoms with Gasteiger partial charge in [0.2, 0.25) is 5.91 Å². The number of nitrogens with zero attached hydrogens (tertiary/aromatic N) is 2. The molecule has 20 heavy (non-hydrogen) atoms. The van der Waals surface area contributed by atoms with Crippen LogP contribution in [0.2, 0.25) is 0 Å². The highest BCUT2D eigenvalue weighted by Gasteiger charge is 2.20. The summed E-state index contributed by atoms with van der Waals surface area (Å²) in [5.74, 6) is -0.103. The average Bonchev–Trinajstić information content (AvgIpc) is 2.68. The van der Waals surface area contributed by atoms with Crippen molar-refractivity contribution in [1.82, 2.24) is 9.80 Å². The van der Waals surface area contributed by atoms with Crippen LogP contribution in [0.15, 0.2) is 0 Å². The lowest BCUT2D eigenvalue weighted by Crippen LogP contribution is -2.43. The fraction of sp³-hybridized carbons (Fsp3) is 0.867. The van der Waals surface area contributed by atoms with E-state index in [4.69, 9.17) is 4.74 Å². The van der Waals surface area contributed by atoms with Gasteiger partial charge in [0.15, 0.2) is 0 Å². The minimum Gasteiger partial charge on any atom is -0.465 e. The van der Waals surface area contributed by atoms with E-state index in [-0.39, 0.29) is 18.4 Å². The maximum Gasteiger partial charge on any atom is 0.320 e. The van der Waals surface area contributed by atoms with Gasteiger partial charge in [0.1, 0.15) is 0 Å². The molecule has 0 N–H and O–H groups in total. The highest BCUT2D eigenvalue weighted by Crippen LogP contribution is 2.10. The number of carbonyl (C=O) groups excluding carboxylic acids is 2. The number of likely N-dealkylation sites (tertiary alicyclic amines) is 1. The fourth-order valence-electron chi connectivity index (χ4n) is 2.53. The van der Waals surface area contributed by atoms with Gasteiger partial charge in [-0.1, -0.05) is 19.8 Å². The molecule has 5 nitrogen and oxygen atoms in total. The Morgan fingerprint density at radius 1 is 1.05 bits per heavy atom. The number of hydrogen-bond donors (Lipinski definition) is 0. The van der Waals surface area contributed by atoms with Gasteiger partial charge in [0.25, 0.3) is 0 Å². The van der Waals surface area contributed by atoms with Crippen molar-refractivity contribution in [3.63, 3.8) is 0 Å². The van der Waals surface area contributed by atoms with Crippen molar-refractivity contribution >= 4 is 11.9 Å². The Hall–Kier alpha value is -1.10. The third kappa shape index (κ3) is 6.37. The summed E-state index contributed by atoms with van der Waals surface area (Å²) >= 11 is 0. The van der Waals surface area contributed by atoms with Crippen LogP contribution in [0.1, 0.15) is 46.0 Å². The van der Waals surface area contributed by atoms with Gasteiger partial charge >= 0.3 is 5.97 Å². The Balaban J connectivity index is 2.46. The molecule has 0 spiro atoms. The van der Waals surface area contributed by atoms with Gasteiger partial charge in [0, 0.05) is 13.1 Å². The van der Waals surface area contributed by atoms with E-state index in [1.165, 1.54) is 12.8 Å². The molecule has 1 amide bonds. The SMILES string of the molecule is CCCN(CC(=O)OCC)CC(=O)N1CCCCCC1. The van der Waals surface area contributed by atoms with E-state index in [0.29, 0.717) is 13.2 Å². The molecule has 1 rings (SSSR count). The number of amides is 1. The number of ether oxygens (including phenoxy) is 1. The molecule has 0 aromatic rings. The zero-order chi connectivity index (χ0) is 14.8. The van der Waals surface area contributed by atoms with Gasteiger partial charge < -0.3 is 9.64 Å². The fourth-order valence-corrected chi connectivity index (χ4v) is 2.53. The van der Waals surface area contributed by atoms with Crippen molar-refractivity contribution in [2.24, 2.45) is 0 Å². The van der Waals surface area contributed by atoms with Crippen LogP contribution in [0.25, 0.3) is 0 Å². The van der Waals surface area contributed by atoms with Crippen LogP contribution in [0.4, 0.5) is 0 Å². The first-order chi connectivity index (χ1) is 9.67. The van der Waals surface area contributed by atoms with Crippen LogP contribution in [-0.2, 0) is 14.3 Å². The quantitative estimate of drug-likeness (QED) is 0.667. The molecule has 0 saturated carbocycles. The van der Waals surface area contributed by atoms with E-state index in [1.54, 1.807) is 6.92 Å². The Morgan fingerprint density at radius 2 is 1.70 bits per heavy atom. The van der Waals surface area contributed by atoms with E-state index >= 15 is 0 Å². The van der Waals surface area contributed by atoms with Crippen LogP contribution in [0.5, 0.6) is 0 Å². The van der Waals surface area contributed by atoms with Crippen molar-refractivity contribution in [2.75, 3.05) is 39.3 Å². The molecule has 1 aliphatic rings. The maximum atomic E-state index is 12.3. The monoisotopic (exact) mass is 284 g/mol. The van der Waals surface area contributed by atoms with E-state index in [9.17, 15) is 9.59 Å². The summed E-state index contributed by atoms with van der Waals surface area (Å²) in [6.45, 7) is 7.24. The summed E-state index contributed by atoms with van der Waals surface area (Å²) in [6.07, 6.45) is 5.54. The molecule has 1 fully saturated rings. The molecule has 0 aromatic heterocycles. The molecular weight excluding hydrogens is 256 g/mol. The molecule has 116 valence electrons. The van der Waals surface area contributed by atoms with Gasteiger partial charge in [0.05, 0.1) is 19.7 Å². The van der Waals surface area contributed by atoms with Crippen molar-refractivity contribution < 1.29 is 14.3 Å². The van der Waals surface area contributed by atoms with Gasteiger partial charge in [-0.25, -0.2) is 0 Å². The van der Waals surface area contributed by atoms with Crippen LogP contribution in [0.3, 0.4) is 0 Å². The lowest BCUT2D eigenvalue weighted by Gasteiger charge is -2.25. The highest BCUT2D eigenvalue weighted by molar-refractivity contribution is 5.79. The molecule has 1 heterocycles. The van der Waals surface area contributed by atoms with Gasteiger partial charge in [-0.3, -0.25) is 14.5 Å². The molecule has 0 radical (unpaired) electrons. The smallest absolute Gasteiger partial charge is 0.320 e. The topological polar surface area (TPSA) is 49.9 Å². The van der Waals surface area contributed by atoms with Gasteiger partial charge in [-0.05, 0) is 32.7 Å². The van der Waals surface area contributed by atoms with Crippen LogP contribution in [0, 0.1) is 0 Å². The van der Waals surface area contributed by atoms with E-state index in [1.807, 2.05) is 9.80 Å². The molecule has 0 atom stereocenters. The molecular formula is C15H28N2O3. The first kappa shape index (κ1) is 17.0. The second kappa shape index (κ2) is 9.75. The zero-order valence-electron chi connectivity index (χ0n) is 12.9. The predicted octanol–water partition coefficient (Wildman–Crippen LogP) is 1.66. The third-order valence-corrected chi connectivity index (χ3v) is 3.52. The largest absolute Gasteiger partial charge is 0.465 e. The third-order valence-electron chi connectivity index (χ3n) is 3.52. The Bertz CT molecular complexity index is 299. The minimum atomic E-state index is -0.246. The zero-order valence-corrected chi connectivity index (χ0v) is 12.9. The minimum absolute atomic E-state index is 0.143. The number of esters is 1. The van der Waals surface area contributed by atoms with Gasteiger partial charge in [-0.15, -0.1) is 0 Å². The Labute approximate surface area is 122 Å². The number of hydrogen-bond acceptors (Lipinski definition) is 4. The molecule has 0 aliphatic carbocycles. The van der Waals surface area contributed by atoms with E-state index in [2.05, 4.69) is 6.92 Å². The van der Waals surface area contributed by atoms with Gasteiger partial charge in [-0.2, -0.15) is 0 Å². The summed E-state index contributed by atoms with van der Waals surface area (Å²) in [4.78, 5) is 27.7. The molecule has 0 unspecified atom stereocenters. The second-order valence-corrected chi connectivity index (χ2v) is 5.31. The summed E-state index contributed by atoms with van der Waals surface area (Å²) in [5, 5.41) is 0. The molecule has 0 bridgehead atoms. The first-order valence-corrected chi connectivity index (χ1v) is 7.83. The van der Waals surface area contributed by atoms with Crippen LogP contribution < -0.4 is 0 Å². The lowest BCUT2D eigenvalue weighted by atomic mass is 10.2. The van der Waals surface area contributed by atoms with Crippen molar-refractivity contribution in [1.29, 1.82) is 0 Å². The van der Waals surface area contributed by atoms with Crippen LogP contribution in [-0.4, -0.2) is 61.0 Å². The van der Waals surface area contributed by atoms with Crippen LogP contribution >= 0.6 is 0 Å². The highest BCUT2D eigenvalue weighted by atomic mass is 16.5. The summed E-state index contributed by atoms with van der Waals surface area (Å²) in [5.41, 5.74) is 0. The summed E-state index contributed by atoms with van der Waals surface area (Å²) < 4.78 is 4.96. The van der Waals surface area contributed by atoms with Crippen molar-refractivity contribution in [3.05, 3.63) is 0 Å². The number of rotatable bonds is 7. The standard InChI is InChI=1S/C15H28N2O3/c1-3-9-16(13-15(19)20-4-2)12-14(18)17-10-7-5-6-8-11-17/h3-13H2,1-2H3. The summed E-state index contributed by atoms with van der Waals surface area (Å²) in [6, 6.07) is 0. The van der Waals surface area contributed by atoms with Crippen molar-refractivity contribution in [2.45, 2.75) is 46.0 Å². The Morgan fingerprint density at radius 3 is 2.25 bits per heavy atom. The average molecular weight is 284 g/mol. The predicted molar refractivity (Wildman–Crippen MR) is 78.4 cm³/mol. The summed E-state index contributed by atoms with van der Waals surface area (Å²) in [7, 11) is 0. The maximum absolute atomic E-state index is 12.3. The van der Waals surface area contributed by atoms with E-state index < -0.39 is 0 Å². The van der Waals surface area contributed by atoms with Crippen molar-refractivity contribution in [3.8, 4) is 0 Å². The van der Waals surface area contributed by atoms with E-state index in [0.717, 1.165) is 38.9 Å². The number of carbonyl (C=O) groups is 2. The first-order valence-electron chi connectivity index (χ1n) is 7.83.